The van der Waals surface area contributed by atoms with E-state index in [0.717, 1.165) is 0 Å². The first-order valence-electron chi connectivity index (χ1n) is 5.20. The molecule has 0 bridgehead atoms. The number of hydrogen-bond donors (Lipinski definition) is 0. The Kier molecular flexibility index (Phi) is 4.02. The number of hydrogen-bond acceptors (Lipinski definition) is 2. The summed E-state index contributed by atoms with van der Waals surface area (Å²) in [7, 11) is 0. The summed E-state index contributed by atoms with van der Waals surface area (Å²) in [6, 6.07) is 0.713. The van der Waals surface area contributed by atoms with E-state index < -0.39 is 0 Å². The molecule has 1 fully saturated rings. The maximum Gasteiger partial charge on any atom is 0.0508 e. The molecule has 0 atom stereocenters. The average molecular weight is 170 g/mol. The van der Waals surface area contributed by atoms with E-state index in [1.54, 1.807) is 0 Å². The molecule has 2 nitrogen and oxygen atoms in total. The molecule has 0 N–H and O–H groups in total. The SMILES string of the molecule is CCCN1CCCN(C(C)C)C1. The van der Waals surface area contributed by atoms with Crippen molar-refractivity contribution < 1.29 is 0 Å². The zero-order valence-electron chi connectivity index (χ0n) is 8.71. The van der Waals surface area contributed by atoms with Crippen molar-refractivity contribution in [2.45, 2.75) is 39.7 Å². The molecule has 1 saturated heterocycles. The smallest absolute Gasteiger partial charge is 0.0508 e. The highest BCUT2D eigenvalue weighted by Gasteiger charge is 2.17. The van der Waals surface area contributed by atoms with Crippen LogP contribution in [0.3, 0.4) is 0 Å². The molecule has 1 rings (SSSR count). The monoisotopic (exact) mass is 170 g/mol. The highest BCUT2D eigenvalue weighted by molar-refractivity contribution is 4.70. The molecule has 1 aliphatic heterocycles. The van der Waals surface area contributed by atoms with Gasteiger partial charge in [0.1, 0.15) is 0 Å². The lowest BCUT2D eigenvalue weighted by molar-refractivity contribution is 0.0631. The van der Waals surface area contributed by atoms with E-state index in [0.29, 0.717) is 6.04 Å². The quantitative estimate of drug-likeness (QED) is 0.637. The minimum Gasteiger partial charge on any atom is -0.290 e. The van der Waals surface area contributed by atoms with Crippen molar-refractivity contribution in [3.8, 4) is 0 Å². The second-order valence-electron chi connectivity index (χ2n) is 4.02. The van der Waals surface area contributed by atoms with Gasteiger partial charge < -0.3 is 0 Å². The molecule has 0 aliphatic carbocycles. The third kappa shape index (κ3) is 2.76. The second kappa shape index (κ2) is 4.83. The lowest BCUT2D eigenvalue weighted by Crippen LogP contribution is -2.47. The lowest BCUT2D eigenvalue weighted by Gasteiger charge is -2.37. The molecule has 12 heavy (non-hydrogen) atoms. The number of nitrogens with zero attached hydrogens (tertiary/aromatic N) is 2. The molecule has 2 heteroatoms. The molecule has 1 heterocycles. The summed E-state index contributed by atoms with van der Waals surface area (Å²) < 4.78 is 0. The zero-order valence-corrected chi connectivity index (χ0v) is 8.71. The van der Waals surface area contributed by atoms with Crippen LogP contribution < -0.4 is 0 Å². The van der Waals surface area contributed by atoms with Crippen molar-refractivity contribution in [1.29, 1.82) is 0 Å². The van der Waals surface area contributed by atoms with Crippen molar-refractivity contribution in [3.05, 3.63) is 0 Å². The Bertz CT molecular complexity index is 121. The van der Waals surface area contributed by atoms with Crippen LogP contribution in [-0.4, -0.2) is 42.1 Å². The standard InChI is InChI=1S/C10H22N2/c1-4-6-11-7-5-8-12(9-11)10(2)3/h10H,4-9H2,1-3H3. The summed E-state index contributed by atoms with van der Waals surface area (Å²) in [6.07, 6.45) is 2.63. The largest absolute Gasteiger partial charge is 0.290 e. The van der Waals surface area contributed by atoms with Gasteiger partial charge in [0.15, 0.2) is 0 Å². The van der Waals surface area contributed by atoms with Crippen LogP contribution in [0.1, 0.15) is 33.6 Å². The summed E-state index contributed by atoms with van der Waals surface area (Å²) in [5.74, 6) is 0. The average Bonchev–Trinajstić information content (AvgIpc) is 2.05. The Balaban J connectivity index is 2.30. The first kappa shape index (κ1) is 10.0. The molecule has 0 saturated carbocycles. The fourth-order valence-electron chi connectivity index (χ4n) is 1.82. The normalized spacial score (nSPS) is 22.0. The van der Waals surface area contributed by atoms with Gasteiger partial charge in [-0.25, -0.2) is 0 Å². The molecule has 0 unspecified atom stereocenters. The fraction of sp³-hybridized carbons (Fsp3) is 1.00. The van der Waals surface area contributed by atoms with Crippen molar-refractivity contribution in [1.82, 2.24) is 9.80 Å². The van der Waals surface area contributed by atoms with Crippen molar-refractivity contribution in [3.63, 3.8) is 0 Å². The van der Waals surface area contributed by atoms with Crippen molar-refractivity contribution >= 4 is 0 Å². The van der Waals surface area contributed by atoms with Crippen LogP contribution in [0.15, 0.2) is 0 Å². The Morgan fingerprint density at radius 1 is 1.25 bits per heavy atom. The molecule has 0 aromatic carbocycles. The number of rotatable bonds is 3. The topological polar surface area (TPSA) is 6.48 Å². The summed E-state index contributed by atoms with van der Waals surface area (Å²) >= 11 is 0. The molecule has 0 aromatic heterocycles. The van der Waals surface area contributed by atoms with Crippen LogP contribution in [0.4, 0.5) is 0 Å². The third-order valence-corrected chi connectivity index (χ3v) is 2.57. The van der Waals surface area contributed by atoms with Gasteiger partial charge in [-0.1, -0.05) is 6.92 Å². The lowest BCUT2D eigenvalue weighted by atomic mass is 10.2. The van der Waals surface area contributed by atoms with E-state index in [9.17, 15) is 0 Å². The summed E-state index contributed by atoms with van der Waals surface area (Å²) in [5, 5.41) is 0. The van der Waals surface area contributed by atoms with Gasteiger partial charge in [0.2, 0.25) is 0 Å². The molecule has 72 valence electrons. The van der Waals surface area contributed by atoms with Gasteiger partial charge in [-0.15, -0.1) is 0 Å². The maximum absolute atomic E-state index is 2.56. The molecule has 1 aliphatic rings. The fourth-order valence-corrected chi connectivity index (χ4v) is 1.82. The van der Waals surface area contributed by atoms with E-state index in [2.05, 4.69) is 30.6 Å². The molecular formula is C10H22N2. The van der Waals surface area contributed by atoms with E-state index >= 15 is 0 Å². The third-order valence-electron chi connectivity index (χ3n) is 2.57. The Labute approximate surface area is 76.5 Å². The minimum atomic E-state index is 0.713. The highest BCUT2D eigenvalue weighted by Crippen LogP contribution is 2.09. The predicted molar refractivity (Wildman–Crippen MR) is 53.2 cm³/mol. The van der Waals surface area contributed by atoms with Crippen molar-refractivity contribution in [2.24, 2.45) is 0 Å². The highest BCUT2D eigenvalue weighted by atomic mass is 15.3. The van der Waals surface area contributed by atoms with Gasteiger partial charge in [0.05, 0.1) is 6.67 Å². The first-order chi connectivity index (χ1) is 5.74. The van der Waals surface area contributed by atoms with Crippen LogP contribution >= 0.6 is 0 Å². The van der Waals surface area contributed by atoms with Crippen LogP contribution in [0, 0.1) is 0 Å². The Hall–Kier alpha value is -0.0800. The van der Waals surface area contributed by atoms with E-state index in [1.807, 2.05) is 0 Å². The van der Waals surface area contributed by atoms with E-state index in [1.165, 1.54) is 39.1 Å². The van der Waals surface area contributed by atoms with Crippen LogP contribution in [-0.2, 0) is 0 Å². The van der Waals surface area contributed by atoms with Gasteiger partial charge in [-0.2, -0.15) is 0 Å². The summed E-state index contributed by atoms with van der Waals surface area (Å²) in [5.41, 5.74) is 0. The van der Waals surface area contributed by atoms with Gasteiger partial charge in [0, 0.05) is 19.1 Å². The van der Waals surface area contributed by atoms with Gasteiger partial charge in [-0.05, 0) is 33.2 Å². The molecule has 0 spiro atoms. The van der Waals surface area contributed by atoms with Crippen LogP contribution in [0.5, 0.6) is 0 Å². The molecule has 0 aromatic rings. The Morgan fingerprint density at radius 2 is 2.00 bits per heavy atom. The zero-order chi connectivity index (χ0) is 8.97. The van der Waals surface area contributed by atoms with E-state index in [-0.39, 0.29) is 0 Å². The van der Waals surface area contributed by atoms with Crippen LogP contribution in [0.2, 0.25) is 0 Å². The summed E-state index contributed by atoms with van der Waals surface area (Å²) in [6.45, 7) is 11.9. The summed E-state index contributed by atoms with van der Waals surface area (Å²) in [4.78, 5) is 5.11. The van der Waals surface area contributed by atoms with Gasteiger partial charge in [-0.3, -0.25) is 9.80 Å². The van der Waals surface area contributed by atoms with Crippen LogP contribution in [0.25, 0.3) is 0 Å². The van der Waals surface area contributed by atoms with Crippen molar-refractivity contribution in [2.75, 3.05) is 26.3 Å². The molecular weight excluding hydrogens is 148 g/mol. The second-order valence-corrected chi connectivity index (χ2v) is 4.02. The predicted octanol–water partition coefficient (Wildman–Crippen LogP) is 1.77. The molecule has 0 radical (unpaired) electrons. The first-order valence-corrected chi connectivity index (χ1v) is 5.20. The van der Waals surface area contributed by atoms with E-state index in [4.69, 9.17) is 0 Å². The molecule has 0 amide bonds. The van der Waals surface area contributed by atoms with Gasteiger partial charge >= 0.3 is 0 Å². The Morgan fingerprint density at radius 3 is 2.58 bits per heavy atom. The van der Waals surface area contributed by atoms with Gasteiger partial charge in [0.25, 0.3) is 0 Å². The maximum atomic E-state index is 2.56. The minimum absolute atomic E-state index is 0.713.